The zero-order valence-electron chi connectivity index (χ0n) is 14.3. The Morgan fingerprint density at radius 1 is 0.654 bits per heavy atom. The van der Waals surface area contributed by atoms with Crippen molar-refractivity contribution >= 4 is 34.8 Å². The van der Waals surface area contributed by atoms with Gasteiger partial charge in [0.25, 0.3) is 0 Å². The van der Waals surface area contributed by atoms with Crippen LogP contribution in [0.2, 0.25) is 0 Å². The van der Waals surface area contributed by atoms with Gasteiger partial charge in [-0.2, -0.15) is 0 Å². The number of Topliss-reactive ketones (excluding diaryl/α,β-unsaturated/α-hetero) is 2. The van der Waals surface area contributed by atoms with Crippen molar-refractivity contribution in [2.45, 2.75) is 12.8 Å². The summed E-state index contributed by atoms with van der Waals surface area (Å²) in [6, 6.07) is 13.9. The Labute approximate surface area is 163 Å². The predicted molar refractivity (Wildman–Crippen MR) is 103 cm³/mol. The van der Waals surface area contributed by atoms with Crippen molar-refractivity contribution in [2.75, 3.05) is 25.0 Å². The molecule has 0 atom stereocenters. The van der Waals surface area contributed by atoms with Gasteiger partial charge in [0.1, 0.15) is 11.5 Å². The number of alkyl halides is 2. The third-order valence-electron chi connectivity index (χ3n) is 3.67. The summed E-state index contributed by atoms with van der Waals surface area (Å²) in [6.45, 7) is 1.13. The van der Waals surface area contributed by atoms with Gasteiger partial charge in [-0.1, -0.05) is 0 Å². The molecule has 0 amide bonds. The van der Waals surface area contributed by atoms with Crippen LogP contribution in [0.3, 0.4) is 0 Å². The molecule has 0 aromatic heterocycles. The molecule has 0 saturated carbocycles. The molecule has 0 saturated heterocycles. The molecule has 0 N–H and O–H groups in total. The van der Waals surface area contributed by atoms with E-state index in [1.54, 1.807) is 48.5 Å². The Bertz CT molecular complexity index is 648. The van der Waals surface area contributed by atoms with Gasteiger partial charge in [0.2, 0.25) is 0 Å². The minimum atomic E-state index is -0.101. The van der Waals surface area contributed by atoms with Crippen molar-refractivity contribution in [1.82, 2.24) is 0 Å². The second-order valence-electron chi connectivity index (χ2n) is 5.57. The topological polar surface area (TPSA) is 52.6 Å². The lowest BCUT2D eigenvalue weighted by Gasteiger charge is -2.08. The highest BCUT2D eigenvalue weighted by molar-refractivity contribution is 6.30. The van der Waals surface area contributed by atoms with Crippen LogP contribution in [0.1, 0.15) is 33.6 Å². The van der Waals surface area contributed by atoms with Crippen LogP contribution in [-0.2, 0) is 0 Å². The fourth-order valence-corrected chi connectivity index (χ4v) is 2.52. The fourth-order valence-electron chi connectivity index (χ4n) is 2.21. The van der Waals surface area contributed by atoms with Gasteiger partial charge in [-0.15, -0.1) is 23.2 Å². The van der Waals surface area contributed by atoms with Crippen molar-refractivity contribution in [2.24, 2.45) is 0 Å². The minimum absolute atomic E-state index is 0.0219. The average molecular weight is 395 g/mol. The van der Waals surface area contributed by atoms with Gasteiger partial charge < -0.3 is 9.47 Å². The lowest BCUT2D eigenvalue weighted by atomic mass is 10.1. The van der Waals surface area contributed by atoms with E-state index < -0.39 is 0 Å². The number of benzene rings is 2. The van der Waals surface area contributed by atoms with Crippen LogP contribution in [-0.4, -0.2) is 36.5 Å². The number of carbonyl (C=O) groups is 2. The zero-order chi connectivity index (χ0) is 18.8. The average Bonchev–Trinajstić information content (AvgIpc) is 2.70. The number of ketones is 2. The van der Waals surface area contributed by atoms with Crippen molar-refractivity contribution in [1.29, 1.82) is 0 Å². The lowest BCUT2D eigenvalue weighted by molar-refractivity contribution is 0.101. The first kappa shape index (κ1) is 20.3. The molecule has 138 valence electrons. The van der Waals surface area contributed by atoms with Gasteiger partial charge in [-0.25, -0.2) is 0 Å². The third-order valence-corrected chi connectivity index (χ3v) is 4.16. The van der Waals surface area contributed by atoms with Crippen molar-refractivity contribution in [3.63, 3.8) is 0 Å². The van der Waals surface area contributed by atoms with Gasteiger partial charge in [-0.05, 0) is 61.4 Å². The van der Waals surface area contributed by atoms with E-state index in [9.17, 15) is 9.59 Å². The minimum Gasteiger partial charge on any atom is -0.494 e. The number of carbonyl (C=O) groups excluding carboxylic acids is 2. The van der Waals surface area contributed by atoms with E-state index in [0.29, 0.717) is 24.3 Å². The quantitative estimate of drug-likeness (QED) is 0.313. The summed E-state index contributed by atoms with van der Waals surface area (Å²) < 4.78 is 11.3. The molecule has 6 heteroatoms. The molecule has 2 aromatic carbocycles. The summed E-state index contributed by atoms with van der Waals surface area (Å²) in [6.07, 6.45) is 1.68. The fraction of sp³-hybridized carbons (Fsp3) is 0.300. The summed E-state index contributed by atoms with van der Waals surface area (Å²) in [4.78, 5) is 22.9. The number of hydrogen-bond donors (Lipinski definition) is 0. The van der Waals surface area contributed by atoms with Crippen LogP contribution < -0.4 is 9.47 Å². The number of rotatable bonds is 11. The standard InChI is InChI=1S/C20H20Cl2O4/c21-13-19(23)15-3-7-17(8-4-15)25-11-1-2-12-26-18-9-5-16(6-10-18)20(24)14-22/h3-10H,1-2,11-14H2. The van der Waals surface area contributed by atoms with Gasteiger partial charge in [-0.3, -0.25) is 9.59 Å². The highest BCUT2D eigenvalue weighted by Crippen LogP contribution is 2.15. The smallest absolute Gasteiger partial charge is 0.177 e. The SMILES string of the molecule is O=C(CCl)c1ccc(OCCCCOc2ccc(C(=O)CCl)cc2)cc1. The first-order valence-corrected chi connectivity index (χ1v) is 9.35. The first-order valence-electron chi connectivity index (χ1n) is 8.28. The molecule has 0 spiro atoms. The molecule has 0 unspecified atom stereocenters. The molecule has 4 nitrogen and oxygen atoms in total. The van der Waals surface area contributed by atoms with Crippen molar-refractivity contribution < 1.29 is 19.1 Å². The number of hydrogen-bond acceptors (Lipinski definition) is 4. The van der Waals surface area contributed by atoms with E-state index in [1.807, 2.05) is 0 Å². The van der Waals surface area contributed by atoms with Crippen molar-refractivity contribution in [3.05, 3.63) is 59.7 Å². The van der Waals surface area contributed by atoms with Gasteiger partial charge in [0.15, 0.2) is 11.6 Å². The van der Waals surface area contributed by atoms with E-state index in [2.05, 4.69) is 0 Å². The molecular formula is C20H20Cl2O4. The maximum Gasteiger partial charge on any atom is 0.177 e. The summed E-state index contributed by atoms with van der Waals surface area (Å²) >= 11 is 11.0. The molecule has 2 aromatic rings. The van der Waals surface area contributed by atoms with E-state index in [1.165, 1.54) is 0 Å². The number of halogens is 2. The normalized spacial score (nSPS) is 10.4. The Hall–Kier alpha value is -2.04. The van der Waals surface area contributed by atoms with Crippen LogP contribution in [0.15, 0.2) is 48.5 Å². The van der Waals surface area contributed by atoms with Crippen molar-refractivity contribution in [3.8, 4) is 11.5 Å². The number of unbranched alkanes of at least 4 members (excludes halogenated alkanes) is 1. The second kappa shape index (κ2) is 10.8. The molecule has 0 radical (unpaired) electrons. The van der Waals surface area contributed by atoms with Gasteiger partial charge in [0.05, 0.1) is 25.0 Å². The monoisotopic (exact) mass is 394 g/mol. The Morgan fingerprint density at radius 2 is 1.00 bits per heavy atom. The molecule has 0 heterocycles. The molecular weight excluding hydrogens is 375 g/mol. The predicted octanol–water partition coefficient (Wildman–Crippen LogP) is 4.77. The van der Waals surface area contributed by atoms with E-state index in [4.69, 9.17) is 32.7 Å². The Balaban J connectivity index is 1.63. The molecule has 0 aliphatic heterocycles. The maximum atomic E-state index is 11.4. The summed E-state index contributed by atoms with van der Waals surface area (Å²) in [5.74, 6) is 1.19. The summed E-state index contributed by atoms with van der Waals surface area (Å²) in [5.41, 5.74) is 1.17. The van der Waals surface area contributed by atoms with E-state index in [-0.39, 0.29) is 23.3 Å². The highest BCUT2D eigenvalue weighted by Gasteiger charge is 2.05. The molecule has 2 rings (SSSR count). The van der Waals surface area contributed by atoms with Crippen LogP contribution in [0, 0.1) is 0 Å². The van der Waals surface area contributed by atoms with Gasteiger partial charge >= 0.3 is 0 Å². The maximum absolute atomic E-state index is 11.4. The summed E-state index contributed by atoms with van der Waals surface area (Å²) in [7, 11) is 0. The lowest BCUT2D eigenvalue weighted by Crippen LogP contribution is -2.04. The molecule has 0 bridgehead atoms. The second-order valence-corrected chi connectivity index (χ2v) is 6.10. The summed E-state index contributed by atoms with van der Waals surface area (Å²) in [5, 5.41) is 0. The van der Waals surface area contributed by atoms with Gasteiger partial charge in [0, 0.05) is 11.1 Å². The molecule has 0 aliphatic carbocycles. The largest absolute Gasteiger partial charge is 0.494 e. The highest BCUT2D eigenvalue weighted by atomic mass is 35.5. The Morgan fingerprint density at radius 3 is 1.31 bits per heavy atom. The molecule has 0 fully saturated rings. The molecule has 26 heavy (non-hydrogen) atoms. The van der Waals surface area contributed by atoms with Crippen LogP contribution in [0.25, 0.3) is 0 Å². The van der Waals surface area contributed by atoms with Crippen LogP contribution >= 0.6 is 23.2 Å². The van der Waals surface area contributed by atoms with Crippen LogP contribution in [0.5, 0.6) is 11.5 Å². The van der Waals surface area contributed by atoms with Crippen LogP contribution in [0.4, 0.5) is 0 Å². The Kier molecular flexibility index (Phi) is 8.45. The molecule has 0 aliphatic rings. The van der Waals surface area contributed by atoms with E-state index >= 15 is 0 Å². The third kappa shape index (κ3) is 6.36. The number of ether oxygens (including phenoxy) is 2. The van der Waals surface area contributed by atoms with E-state index in [0.717, 1.165) is 24.3 Å². The first-order chi connectivity index (χ1) is 12.6. The zero-order valence-corrected chi connectivity index (χ0v) is 15.8.